The molecule has 1 atom stereocenters. The number of nitrogens with one attached hydrogen (secondary N) is 1. The predicted molar refractivity (Wildman–Crippen MR) is 81.2 cm³/mol. The summed E-state index contributed by atoms with van der Waals surface area (Å²) in [6.07, 6.45) is 4.88. The molecule has 100 valence electrons. The summed E-state index contributed by atoms with van der Waals surface area (Å²) >= 11 is 0. The number of rotatable bonds is 5. The fourth-order valence-corrected chi connectivity index (χ4v) is 2.27. The second-order valence-electron chi connectivity index (χ2n) is 5.49. The number of benzene rings is 1. The van der Waals surface area contributed by atoms with Crippen molar-refractivity contribution in [1.82, 2.24) is 4.98 Å². The molecule has 0 aliphatic carbocycles. The van der Waals surface area contributed by atoms with Gasteiger partial charge >= 0.3 is 0 Å². The molecule has 1 N–H and O–H groups in total. The Bertz CT molecular complexity index is 506. The Hall–Kier alpha value is -1.83. The Labute approximate surface area is 115 Å². The molecule has 0 saturated carbocycles. The molecular formula is C17H22N2. The van der Waals surface area contributed by atoms with Crippen molar-refractivity contribution >= 4 is 5.69 Å². The van der Waals surface area contributed by atoms with Gasteiger partial charge in [0, 0.05) is 12.4 Å². The minimum atomic E-state index is 0.338. The molecule has 0 spiro atoms. The average molecular weight is 254 g/mol. The molecule has 1 heterocycles. The van der Waals surface area contributed by atoms with Crippen molar-refractivity contribution < 1.29 is 0 Å². The van der Waals surface area contributed by atoms with Gasteiger partial charge in [-0.05, 0) is 36.5 Å². The van der Waals surface area contributed by atoms with Crippen LogP contribution in [-0.4, -0.2) is 4.98 Å². The monoisotopic (exact) mass is 254 g/mol. The van der Waals surface area contributed by atoms with Gasteiger partial charge in [-0.3, -0.25) is 4.98 Å². The lowest BCUT2D eigenvalue weighted by Crippen LogP contribution is -2.13. The number of hydrogen-bond acceptors (Lipinski definition) is 2. The van der Waals surface area contributed by atoms with Gasteiger partial charge in [-0.15, -0.1) is 0 Å². The maximum Gasteiger partial charge on any atom is 0.0534 e. The maximum absolute atomic E-state index is 4.25. The van der Waals surface area contributed by atoms with Crippen LogP contribution in [0, 0.1) is 12.8 Å². The van der Waals surface area contributed by atoms with Gasteiger partial charge in [-0.2, -0.15) is 0 Å². The van der Waals surface area contributed by atoms with Crippen LogP contribution in [0.15, 0.2) is 48.8 Å². The summed E-state index contributed by atoms with van der Waals surface area (Å²) in [5, 5.41) is 3.60. The Morgan fingerprint density at radius 3 is 2.47 bits per heavy atom. The molecule has 1 aromatic carbocycles. The van der Waals surface area contributed by atoms with E-state index < -0.39 is 0 Å². The van der Waals surface area contributed by atoms with Crippen molar-refractivity contribution in [2.75, 3.05) is 5.32 Å². The van der Waals surface area contributed by atoms with Gasteiger partial charge in [0.15, 0.2) is 0 Å². The van der Waals surface area contributed by atoms with Crippen LogP contribution in [-0.2, 0) is 0 Å². The van der Waals surface area contributed by atoms with E-state index in [1.54, 1.807) is 0 Å². The second kappa shape index (κ2) is 6.37. The highest BCUT2D eigenvalue weighted by molar-refractivity contribution is 5.45. The first kappa shape index (κ1) is 13.6. The van der Waals surface area contributed by atoms with Crippen molar-refractivity contribution in [1.29, 1.82) is 0 Å². The second-order valence-corrected chi connectivity index (χ2v) is 5.49. The molecule has 19 heavy (non-hydrogen) atoms. The topological polar surface area (TPSA) is 24.9 Å². The Morgan fingerprint density at radius 2 is 1.84 bits per heavy atom. The zero-order chi connectivity index (χ0) is 13.7. The van der Waals surface area contributed by atoms with E-state index in [1.807, 2.05) is 12.4 Å². The van der Waals surface area contributed by atoms with Gasteiger partial charge in [0.05, 0.1) is 11.7 Å². The van der Waals surface area contributed by atoms with Gasteiger partial charge in [0.1, 0.15) is 0 Å². The van der Waals surface area contributed by atoms with E-state index in [9.17, 15) is 0 Å². The summed E-state index contributed by atoms with van der Waals surface area (Å²) in [6, 6.07) is 13.1. The summed E-state index contributed by atoms with van der Waals surface area (Å²) in [6.45, 7) is 6.58. The number of aryl methyl sites for hydroxylation is 1. The van der Waals surface area contributed by atoms with Gasteiger partial charge in [-0.1, -0.05) is 44.2 Å². The number of nitrogens with zero attached hydrogens (tertiary/aromatic N) is 1. The molecule has 2 rings (SSSR count). The van der Waals surface area contributed by atoms with Crippen LogP contribution >= 0.6 is 0 Å². The van der Waals surface area contributed by atoms with Crippen molar-refractivity contribution in [2.45, 2.75) is 33.2 Å². The highest BCUT2D eigenvalue weighted by atomic mass is 14.9. The molecule has 0 bridgehead atoms. The summed E-state index contributed by atoms with van der Waals surface area (Å²) < 4.78 is 0. The largest absolute Gasteiger partial charge is 0.377 e. The lowest BCUT2D eigenvalue weighted by molar-refractivity contribution is 0.531. The molecule has 0 aliphatic heterocycles. The van der Waals surface area contributed by atoms with Gasteiger partial charge in [0.2, 0.25) is 0 Å². The first-order valence-electron chi connectivity index (χ1n) is 6.88. The van der Waals surface area contributed by atoms with Crippen LogP contribution in [0.4, 0.5) is 5.69 Å². The van der Waals surface area contributed by atoms with Gasteiger partial charge in [0.25, 0.3) is 0 Å². The van der Waals surface area contributed by atoms with Gasteiger partial charge < -0.3 is 5.32 Å². The van der Waals surface area contributed by atoms with E-state index >= 15 is 0 Å². The van der Waals surface area contributed by atoms with Crippen LogP contribution in [0.2, 0.25) is 0 Å². The molecule has 1 unspecified atom stereocenters. The Kier molecular flexibility index (Phi) is 4.56. The summed E-state index contributed by atoms with van der Waals surface area (Å²) in [7, 11) is 0. The highest BCUT2D eigenvalue weighted by Crippen LogP contribution is 2.25. The molecule has 1 aromatic heterocycles. The lowest BCUT2D eigenvalue weighted by Gasteiger charge is -2.22. The molecule has 0 radical (unpaired) electrons. The third kappa shape index (κ3) is 4.09. The fraction of sp³-hybridized carbons (Fsp3) is 0.353. The third-order valence-corrected chi connectivity index (χ3v) is 3.12. The molecule has 0 amide bonds. The maximum atomic E-state index is 4.25. The first-order valence-corrected chi connectivity index (χ1v) is 6.88. The molecule has 2 nitrogen and oxygen atoms in total. The van der Waals surface area contributed by atoms with E-state index in [-0.39, 0.29) is 0 Å². The van der Waals surface area contributed by atoms with E-state index in [1.165, 1.54) is 11.1 Å². The first-order chi connectivity index (χ1) is 9.15. The van der Waals surface area contributed by atoms with Crippen LogP contribution in [0.3, 0.4) is 0 Å². The van der Waals surface area contributed by atoms with Crippen LogP contribution in [0.5, 0.6) is 0 Å². The standard InChI is InChI=1S/C17H22N2/c1-13(2)9-17(15-7-5-4-6-8-15)19-16-10-14(3)11-18-12-16/h4-8,10-13,17,19H,9H2,1-3H3. The highest BCUT2D eigenvalue weighted by Gasteiger charge is 2.13. The predicted octanol–water partition coefficient (Wildman–Crippen LogP) is 4.59. The summed E-state index contributed by atoms with van der Waals surface area (Å²) in [5.41, 5.74) is 3.61. The molecular weight excluding hydrogens is 232 g/mol. The summed E-state index contributed by atoms with van der Waals surface area (Å²) in [5.74, 6) is 0.649. The quantitative estimate of drug-likeness (QED) is 0.844. The van der Waals surface area contributed by atoms with E-state index in [4.69, 9.17) is 0 Å². The van der Waals surface area contributed by atoms with Crippen molar-refractivity contribution in [3.8, 4) is 0 Å². The zero-order valence-corrected chi connectivity index (χ0v) is 11.9. The molecule has 0 saturated heterocycles. The van der Waals surface area contributed by atoms with Crippen LogP contribution in [0.1, 0.15) is 37.4 Å². The minimum Gasteiger partial charge on any atom is -0.377 e. The smallest absolute Gasteiger partial charge is 0.0534 e. The van der Waals surface area contributed by atoms with Gasteiger partial charge in [-0.25, -0.2) is 0 Å². The minimum absolute atomic E-state index is 0.338. The normalized spacial score (nSPS) is 12.4. The third-order valence-electron chi connectivity index (χ3n) is 3.12. The Morgan fingerprint density at radius 1 is 1.11 bits per heavy atom. The van der Waals surface area contributed by atoms with Crippen LogP contribution in [0.25, 0.3) is 0 Å². The molecule has 0 aliphatic rings. The number of aromatic nitrogens is 1. The lowest BCUT2D eigenvalue weighted by atomic mass is 9.97. The van der Waals surface area contributed by atoms with Crippen molar-refractivity contribution in [2.24, 2.45) is 5.92 Å². The number of hydrogen-bond donors (Lipinski definition) is 1. The number of anilines is 1. The molecule has 2 aromatic rings. The van der Waals surface area contributed by atoms with E-state index in [0.29, 0.717) is 12.0 Å². The summed E-state index contributed by atoms with van der Waals surface area (Å²) in [4.78, 5) is 4.25. The van der Waals surface area contributed by atoms with E-state index in [0.717, 1.165) is 12.1 Å². The zero-order valence-electron chi connectivity index (χ0n) is 11.9. The SMILES string of the molecule is Cc1cncc(NC(CC(C)C)c2ccccc2)c1. The van der Waals surface area contributed by atoms with Crippen molar-refractivity contribution in [3.63, 3.8) is 0 Å². The van der Waals surface area contributed by atoms with Crippen LogP contribution < -0.4 is 5.32 Å². The Balaban J connectivity index is 2.19. The average Bonchev–Trinajstić information content (AvgIpc) is 2.38. The van der Waals surface area contributed by atoms with E-state index in [2.05, 4.69) is 67.5 Å². The molecule has 2 heteroatoms. The van der Waals surface area contributed by atoms with Crippen molar-refractivity contribution in [3.05, 3.63) is 59.9 Å². The fourth-order valence-electron chi connectivity index (χ4n) is 2.27. The molecule has 0 fully saturated rings. The number of pyridine rings is 1.